The van der Waals surface area contributed by atoms with Crippen molar-refractivity contribution in [3.05, 3.63) is 0 Å². The molecule has 1 rings (SSSR count). The summed E-state index contributed by atoms with van der Waals surface area (Å²) in [6, 6.07) is 0. The summed E-state index contributed by atoms with van der Waals surface area (Å²) < 4.78 is 45.3. The van der Waals surface area contributed by atoms with Gasteiger partial charge in [-0.1, -0.05) is 6.92 Å². The van der Waals surface area contributed by atoms with E-state index in [1.54, 1.807) is 6.92 Å². The molecule has 2 atom stereocenters. The molecule has 7 heteroatoms. The van der Waals surface area contributed by atoms with Crippen LogP contribution in [0, 0.1) is 0 Å². The lowest BCUT2D eigenvalue weighted by Gasteiger charge is -2.20. The highest BCUT2D eigenvalue weighted by atomic mass is 35.5. The number of alkyl halides is 1. The maximum absolute atomic E-state index is 11.8. The molecule has 0 amide bonds. The summed E-state index contributed by atoms with van der Waals surface area (Å²) in [5.41, 5.74) is 0. The van der Waals surface area contributed by atoms with Crippen LogP contribution in [0.1, 0.15) is 20.3 Å². The van der Waals surface area contributed by atoms with Crippen LogP contribution >= 0.6 is 11.6 Å². The van der Waals surface area contributed by atoms with Gasteiger partial charge < -0.3 is 0 Å². The smallest absolute Gasteiger partial charge is 0.175 e. The van der Waals surface area contributed by atoms with E-state index in [1.807, 2.05) is 0 Å². The third kappa shape index (κ3) is 1.31. The predicted molar refractivity (Wildman–Crippen MR) is 55.9 cm³/mol. The zero-order chi connectivity index (χ0) is 11.2. The van der Waals surface area contributed by atoms with Gasteiger partial charge in [-0.15, -0.1) is 11.6 Å². The third-order valence-corrected chi connectivity index (χ3v) is 10.3. The van der Waals surface area contributed by atoms with E-state index in [9.17, 15) is 16.8 Å². The van der Waals surface area contributed by atoms with Gasteiger partial charge in [0.25, 0.3) is 0 Å². The van der Waals surface area contributed by atoms with Gasteiger partial charge in [0.1, 0.15) is 0 Å². The topological polar surface area (TPSA) is 68.3 Å². The molecular weight excluding hydrogens is 248 g/mol. The molecule has 0 unspecified atom stereocenters. The fourth-order valence-corrected chi connectivity index (χ4v) is 8.28. The van der Waals surface area contributed by atoms with Crippen LogP contribution in [0.5, 0.6) is 0 Å². The van der Waals surface area contributed by atoms with E-state index in [-0.39, 0.29) is 18.1 Å². The van der Waals surface area contributed by atoms with Crippen molar-refractivity contribution in [2.45, 2.75) is 29.6 Å². The van der Waals surface area contributed by atoms with Crippen molar-refractivity contribution in [2.75, 3.05) is 11.6 Å². The van der Waals surface area contributed by atoms with Gasteiger partial charge in [-0.25, -0.2) is 16.8 Å². The summed E-state index contributed by atoms with van der Waals surface area (Å²) >= 11 is 5.46. The molecule has 84 valence electrons. The molecule has 0 aliphatic carbocycles. The summed E-state index contributed by atoms with van der Waals surface area (Å²) in [5.74, 6) is -0.500. The molecule has 0 spiro atoms. The third-order valence-electron chi connectivity index (χ3n) is 2.92. The van der Waals surface area contributed by atoms with Crippen molar-refractivity contribution in [2.24, 2.45) is 0 Å². The number of hydrogen-bond donors (Lipinski definition) is 0. The fraction of sp³-hybridized carbons (Fsp3) is 1.00. The molecule has 1 aliphatic heterocycles. The fourth-order valence-electron chi connectivity index (χ4n) is 1.59. The van der Waals surface area contributed by atoms with E-state index in [4.69, 9.17) is 11.6 Å². The van der Waals surface area contributed by atoms with Gasteiger partial charge in [0, 0.05) is 5.88 Å². The Morgan fingerprint density at radius 3 is 2.07 bits per heavy atom. The molecule has 0 bridgehead atoms. The highest BCUT2D eigenvalue weighted by molar-refractivity contribution is 8.13. The Bertz CT molecular complexity index is 425. The lowest BCUT2D eigenvalue weighted by molar-refractivity contribution is 0.553. The Kier molecular flexibility index (Phi) is 2.93. The highest BCUT2D eigenvalue weighted by Crippen LogP contribution is 2.39. The number of hydrogen-bond acceptors (Lipinski definition) is 4. The van der Waals surface area contributed by atoms with Gasteiger partial charge in [0.2, 0.25) is 0 Å². The van der Waals surface area contributed by atoms with Crippen LogP contribution in [-0.2, 0) is 19.7 Å². The van der Waals surface area contributed by atoms with Crippen molar-refractivity contribution in [3.8, 4) is 0 Å². The second-order valence-electron chi connectivity index (χ2n) is 3.59. The highest BCUT2D eigenvalue weighted by Gasteiger charge is 2.59. The van der Waals surface area contributed by atoms with Crippen LogP contribution in [0.4, 0.5) is 0 Å². The monoisotopic (exact) mass is 260 g/mol. The predicted octanol–water partition coefficient (Wildman–Crippen LogP) is 0.563. The van der Waals surface area contributed by atoms with Crippen molar-refractivity contribution >= 4 is 31.3 Å². The second kappa shape index (κ2) is 3.35. The SMILES string of the molecule is CC[C@@]1(C)S(=O)(=O)C[C@H](CCl)S1(=O)=O. The Hall–Kier alpha value is 0.190. The van der Waals surface area contributed by atoms with Crippen LogP contribution in [0.3, 0.4) is 0 Å². The largest absolute Gasteiger partial charge is 0.227 e. The minimum atomic E-state index is -3.66. The van der Waals surface area contributed by atoms with Gasteiger partial charge in [-0.05, 0) is 13.3 Å². The first-order valence-electron chi connectivity index (χ1n) is 4.24. The minimum absolute atomic E-state index is 0.0745. The summed E-state index contributed by atoms with van der Waals surface area (Å²) in [4.78, 5) is 0. The summed E-state index contributed by atoms with van der Waals surface area (Å²) in [5, 5.41) is -0.945. The molecule has 1 heterocycles. The normalized spacial score (nSPS) is 39.8. The summed E-state index contributed by atoms with van der Waals surface area (Å²) in [7, 11) is -7.23. The quantitative estimate of drug-likeness (QED) is 0.681. The molecule has 0 saturated carbocycles. The van der Waals surface area contributed by atoms with Crippen LogP contribution < -0.4 is 0 Å². The molecule has 0 aromatic heterocycles. The van der Waals surface area contributed by atoms with Crippen LogP contribution in [-0.4, -0.2) is 37.8 Å². The van der Waals surface area contributed by atoms with Gasteiger partial charge in [-0.2, -0.15) is 0 Å². The Labute approximate surface area is 89.5 Å². The van der Waals surface area contributed by atoms with E-state index < -0.39 is 29.0 Å². The van der Waals surface area contributed by atoms with E-state index in [0.29, 0.717) is 0 Å². The Morgan fingerprint density at radius 2 is 1.86 bits per heavy atom. The van der Waals surface area contributed by atoms with E-state index in [0.717, 1.165) is 0 Å². The van der Waals surface area contributed by atoms with Crippen LogP contribution in [0.15, 0.2) is 0 Å². The molecule has 0 aromatic carbocycles. The first kappa shape index (κ1) is 12.3. The molecule has 1 aliphatic rings. The zero-order valence-electron chi connectivity index (χ0n) is 8.03. The molecule has 0 N–H and O–H groups in total. The lowest BCUT2D eigenvalue weighted by Crippen LogP contribution is -2.38. The number of halogens is 1. The standard InChI is InChI=1S/C7H13ClO4S2/c1-3-7(2)13(9,10)5-6(4-8)14(7,11)12/h6H,3-5H2,1-2H3/t6-,7-/m0/s1. The molecular formula is C7H13ClO4S2. The summed E-state index contributed by atoms with van der Waals surface area (Å²) in [6.07, 6.45) is 0.0745. The average molecular weight is 261 g/mol. The molecule has 4 nitrogen and oxygen atoms in total. The van der Waals surface area contributed by atoms with Crippen LogP contribution in [0.25, 0.3) is 0 Å². The first-order valence-corrected chi connectivity index (χ1v) is 7.98. The zero-order valence-corrected chi connectivity index (χ0v) is 10.4. The molecule has 14 heavy (non-hydrogen) atoms. The maximum atomic E-state index is 11.8. The lowest BCUT2D eigenvalue weighted by atomic mass is 10.4. The van der Waals surface area contributed by atoms with Crippen molar-refractivity contribution < 1.29 is 16.8 Å². The minimum Gasteiger partial charge on any atom is -0.227 e. The number of rotatable bonds is 2. The Morgan fingerprint density at radius 1 is 1.36 bits per heavy atom. The maximum Gasteiger partial charge on any atom is 0.175 e. The van der Waals surface area contributed by atoms with Crippen molar-refractivity contribution in [1.29, 1.82) is 0 Å². The van der Waals surface area contributed by atoms with Gasteiger partial charge >= 0.3 is 0 Å². The van der Waals surface area contributed by atoms with Gasteiger partial charge in [0.15, 0.2) is 23.8 Å². The van der Waals surface area contributed by atoms with Crippen LogP contribution in [0.2, 0.25) is 0 Å². The molecule has 1 fully saturated rings. The van der Waals surface area contributed by atoms with Gasteiger partial charge in [-0.3, -0.25) is 0 Å². The second-order valence-corrected chi connectivity index (χ2v) is 9.28. The molecule has 0 aromatic rings. The van der Waals surface area contributed by atoms with Crippen molar-refractivity contribution in [3.63, 3.8) is 0 Å². The Balaban J connectivity index is 3.44. The molecule has 0 radical (unpaired) electrons. The van der Waals surface area contributed by atoms with E-state index in [2.05, 4.69) is 0 Å². The summed E-state index contributed by atoms with van der Waals surface area (Å²) in [6.45, 7) is 2.83. The average Bonchev–Trinajstić information content (AvgIpc) is 2.23. The molecule has 1 saturated heterocycles. The van der Waals surface area contributed by atoms with E-state index in [1.165, 1.54) is 6.92 Å². The van der Waals surface area contributed by atoms with Gasteiger partial charge in [0.05, 0.1) is 11.0 Å². The van der Waals surface area contributed by atoms with Crippen molar-refractivity contribution in [1.82, 2.24) is 0 Å². The van der Waals surface area contributed by atoms with E-state index >= 15 is 0 Å². The number of sulfone groups is 2. The first-order chi connectivity index (χ1) is 6.23.